The van der Waals surface area contributed by atoms with Crippen LogP contribution in [0.25, 0.3) is 0 Å². The first-order chi connectivity index (χ1) is 7.09. The molecule has 0 saturated carbocycles. The molecule has 0 atom stereocenters. The number of fused-ring (bicyclic) bond motifs is 1. The molecule has 1 aromatic rings. The molecule has 1 aromatic heterocycles. The van der Waals surface area contributed by atoms with E-state index in [-0.39, 0.29) is 0 Å². The van der Waals surface area contributed by atoms with Crippen molar-refractivity contribution in [2.45, 2.75) is 52.7 Å². The summed E-state index contributed by atoms with van der Waals surface area (Å²) in [4.78, 5) is 2.48. The molecule has 0 fully saturated rings. The summed E-state index contributed by atoms with van der Waals surface area (Å²) in [5, 5.41) is 8.49. The van der Waals surface area contributed by atoms with Crippen molar-refractivity contribution in [2.75, 3.05) is 6.54 Å². The summed E-state index contributed by atoms with van der Waals surface area (Å²) in [5.74, 6) is 0.473. The van der Waals surface area contributed by atoms with Gasteiger partial charge < -0.3 is 0 Å². The van der Waals surface area contributed by atoms with E-state index in [9.17, 15) is 0 Å². The second kappa shape index (κ2) is 3.93. The summed E-state index contributed by atoms with van der Waals surface area (Å²) in [6.45, 7) is 11.9. The average molecular weight is 208 g/mol. The highest BCUT2D eigenvalue weighted by atomic mass is 15.5. The highest BCUT2D eigenvalue weighted by Crippen LogP contribution is 2.21. The summed E-state index contributed by atoms with van der Waals surface area (Å²) in [6.07, 6.45) is 0. The lowest BCUT2D eigenvalue weighted by molar-refractivity contribution is 0.169. The largest absolute Gasteiger partial charge is 0.293 e. The fourth-order valence-electron chi connectivity index (χ4n) is 2.07. The lowest BCUT2D eigenvalue weighted by atomic mass is 10.1. The standard InChI is InChI=1S/C11H20N4/c1-8(2)11-10-7-14(9(3)4)5-6-15(10)13-12-11/h8-9H,5-7H2,1-4H3. The second-order valence-electron chi connectivity index (χ2n) is 4.86. The molecule has 0 unspecified atom stereocenters. The van der Waals surface area contributed by atoms with Gasteiger partial charge in [-0.3, -0.25) is 4.90 Å². The maximum absolute atomic E-state index is 4.28. The van der Waals surface area contributed by atoms with Gasteiger partial charge >= 0.3 is 0 Å². The molecular weight excluding hydrogens is 188 g/mol. The van der Waals surface area contributed by atoms with Gasteiger partial charge in [0.1, 0.15) is 0 Å². The summed E-state index contributed by atoms with van der Waals surface area (Å²) >= 11 is 0. The molecule has 1 aliphatic rings. The monoisotopic (exact) mass is 208 g/mol. The molecule has 2 rings (SSSR count). The molecule has 84 valence electrons. The zero-order valence-corrected chi connectivity index (χ0v) is 10.1. The molecule has 0 radical (unpaired) electrons. The molecule has 2 heterocycles. The van der Waals surface area contributed by atoms with Crippen molar-refractivity contribution in [2.24, 2.45) is 0 Å². The smallest absolute Gasteiger partial charge is 0.0897 e. The van der Waals surface area contributed by atoms with Crippen LogP contribution in [0.1, 0.15) is 45.0 Å². The van der Waals surface area contributed by atoms with Gasteiger partial charge in [0, 0.05) is 19.1 Å². The Hall–Kier alpha value is -0.900. The van der Waals surface area contributed by atoms with Crippen molar-refractivity contribution in [1.29, 1.82) is 0 Å². The van der Waals surface area contributed by atoms with Crippen LogP contribution < -0.4 is 0 Å². The average Bonchev–Trinajstić information content (AvgIpc) is 2.59. The van der Waals surface area contributed by atoms with E-state index in [2.05, 4.69) is 47.6 Å². The third-order valence-corrected chi connectivity index (χ3v) is 3.10. The molecule has 0 aliphatic carbocycles. The van der Waals surface area contributed by atoms with E-state index in [1.165, 1.54) is 11.4 Å². The SMILES string of the molecule is CC(C)c1nnn2c1CN(C(C)C)CC2. The van der Waals surface area contributed by atoms with Gasteiger partial charge in [-0.2, -0.15) is 0 Å². The van der Waals surface area contributed by atoms with Gasteiger partial charge in [-0.1, -0.05) is 19.1 Å². The molecule has 4 nitrogen and oxygen atoms in total. The third kappa shape index (κ3) is 1.91. The van der Waals surface area contributed by atoms with E-state index in [0.717, 1.165) is 19.6 Å². The molecule has 15 heavy (non-hydrogen) atoms. The van der Waals surface area contributed by atoms with Crippen LogP contribution in [0.3, 0.4) is 0 Å². The van der Waals surface area contributed by atoms with Crippen LogP contribution in [0.5, 0.6) is 0 Å². The van der Waals surface area contributed by atoms with Crippen LogP contribution in [0.2, 0.25) is 0 Å². The summed E-state index contributed by atoms with van der Waals surface area (Å²) < 4.78 is 2.06. The molecule has 0 spiro atoms. The maximum Gasteiger partial charge on any atom is 0.0897 e. The van der Waals surface area contributed by atoms with Gasteiger partial charge in [-0.05, 0) is 19.8 Å². The van der Waals surface area contributed by atoms with Crippen LogP contribution in [0.15, 0.2) is 0 Å². The highest BCUT2D eigenvalue weighted by Gasteiger charge is 2.23. The van der Waals surface area contributed by atoms with Gasteiger partial charge in [0.2, 0.25) is 0 Å². The Labute approximate surface area is 91.3 Å². The lowest BCUT2D eigenvalue weighted by Gasteiger charge is -2.31. The first-order valence-corrected chi connectivity index (χ1v) is 5.76. The number of rotatable bonds is 2. The zero-order valence-electron chi connectivity index (χ0n) is 10.1. The highest BCUT2D eigenvalue weighted by molar-refractivity contribution is 5.15. The van der Waals surface area contributed by atoms with Crippen LogP contribution in [-0.4, -0.2) is 32.5 Å². The number of hydrogen-bond acceptors (Lipinski definition) is 3. The molecule has 1 aliphatic heterocycles. The maximum atomic E-state index is 4.28. The predicted octanol–water partition coefficient (Wildman–Crippen LogP) is 1.63. The minimum Gasteiger partial charge on any atom is -0.293 e. The van der Waals surface area contributed by atoms with Crippen molar-refractivity contribution in [1.82, 2.24) is 19.9 Å². The second-order valence-corrected chi connectivity index (χ2v) is 4.86. The Kier molecular flexibility index (Phi) is 2.78. The molecule has 0 saturated heterocycles. The van der Waals surface area contributed by atoms with E-state index >= 15 is 0 Å². The zero-order chi connectivity index (χ0) is 11.0. The molecule has 4 heteroatoms. The number of hydrogen-bond donors (Lipinski definition) is 0. The van der Waals surface area contributed by atoms with Gasteiger partial charge in [0.25, 0.3) is 0 Å². The van der Waals surface area contributed by atoms with Crippen LogP contribution in [-0.2, 0) is 13.1 Å². The predicted molar refractivity (Wildman–Crippen MR) is 59.7 cm³/mol. The van der Waals surface area contributed by atoms with E-state index < -0.39 is 0 Å². The molecule has 0 aromatic carbocycles. The summed E-state index contributed by atoms with van der Waals surface area (Å²) in [5.41, 5.74) is 2.48. The van der Waals surface area contributed by atoms with Crippen molar-refractivity contribution in [3.8, 4) is 0 Å². The van der Waals surface area contributed by atoms with Crippen LogP contribution in [0, 0.1) is 0 Å². The lowest BCUT2D eigenvalue weighted by Crippen LogP contribution is -2.38. The van der Waals surface area contributed by atoms with Gasteiger partial charge in [-0.15, -0.1) is 5.10 Å². The van der Waals surface area contributed by atoms with Crippen LogP contribution >= 0.6 is 0 Å². The summed E-state index contributed by atoms with van der Waals surface area (Å²) in [7, 11) is 0. The minimum absolute atomic E-state index is 0.473. The van der Waals surface area contributed by atoms with Gasteiger partial charge in [-0.25, -0.2) is 4.68 Å². The quantitative estimate of drug-likeness (QED) is 0.740. The summed E-state index contributed by atoms with van der Waals surface area (Å²) in [6, 6.07) is 0.605. The van der Waals surface area contributed by atoms with Gasteiger partial charge in [0.15, 0.2) is 0 Å². The fraction of sp³-hybridized carbons (Fsp3) is 0.818. The Morgan fingerprint density at radius 2 is 1.87 bits per heavy atom. The first kappa shape index (κ1) is 10.6. The Morgan fingerprint density at radius 1 is 1.13 bits per heavy atom. The normalized spacial score (nSPS) is 17.5. The van der Waals surface area contributed by atoms with E-state index in [1.807, 2.05) is 0 Å². The molecular formula is C11H20N4. The van der Waals surface area contributed by atoms with Crippen molar-refractivity contribution < 1.29 is 0 Å². The van der Waals surface area contributed by atoms with Crippen molar-refractivity contribution in [3.05, 3.63) is 11.4 Å². The first-order valence-electron chi connectivity index (χ1n) is 5.76. The Balaban J connectivity index is 2.26. The van der Waals surface area contributed by atoms with Crippen LogP contribution in [0.4, 0.5) is 0 Å². The Morgan fingerprint density at radius 3 is 2.47 bits per heavy atom. The van der Waals surface area contributed by atoms with Crippen molar-refractivity contribution >= 4 is 0 Å². The number of aromatic nitrogens is 3. The Bertz CT molecular complexity index is 340. The third-order valence-electron chi connectivity index (χ3n) is 3.10. The molecule has 0 N–H and O–H groups in total. The van der Waals surface area contributed by atoms with E-state index in [4.69, 9.17) is 0 Å². The minimum atomic E-state index is 0.473. The number of nitrogens with zero attached hydrogens (tertiary/aromatic N) is 4. The fourth-order valence-corrected chi connectivity index (χ4v) is 2.07. The molecule has 0 amide bonds. The van der Waals surface area contributed by atoms with E-state index in [1.54, 1.807) is 0 Å². The van der Waals surface area contributed by atoms with Crippen molar-refractivity contribution in [3.63, 3.8) is 0 Å². The van der Waals surface area contributed by atoms with E-state index in [0.29, 0.717) is 12.0 Å². The topological polar surface area (TPSA) is 34.0 Å². The molecule has 0 bridgehead atoms. The van der Waals surface area contributed by atoms with Gasteiger partial charge in [0.05, 0.1) is 17.9 Å².